The van der Waals surface area contributed by atoms with Gasteiger partial charge in [0, 0.05) is 0 Å². The molecule has 71 heavy (non-hydrogen) atoms. The first-order valence-corrected chi connectivity index (χ1v) is 24.4. The van der Waals surface area contributed by atoms with E-state index in [-0.39, 0.29) is 46.2 Å². The predicted octanol–water partition coefficient (Wildman–Crippen LogP) is 9.55. The van der Waals surface area contributed by atoms with Gasteiger partial charge in [0.1, 0.15) is 42.7 Å². The molecule has 2 aliphatic rings. The highest BCUT2D eigenvalue weighted by Gasteiger charge is 2.55. The number of ether oxygens (including phenoxy) is 10. The fourth-order valence-corrected chi connectivity index (χ4v) is 8.46. The lowest BCUT2D eigenvalue weighted by Crippen LogP contribution is -2.66. The maximum absolute atomic E-state index is 14.2. The largest absolute Gasteiger partial charge is 0.454 e. The maximum Gasteiger partial charge on any atom is 0.311 e. The standard InChI is InChI=1S/C59H66O12/c1-59(2,3)58(61)71-55-53(67-39-47-32-20-9-21-33-47)51(65-37-45-28-16-7-17-29-45)49(41-63-35-43-24-12-5-13-25-43)69-57(55)70-54-52(66-38-46-30-18-8-19-31-46)50(64-36-44-26-14-6-15-27-44)48(68-56(54)60)40-62-34-42-22-10-4-11-23-42/h4-33,48-57,60H,34-41H2,1-3H3/t48?,49?,50-,51-,52?,53?,54?,55?,56-,57+/m1/s1. The lowest BCUT2D eigenvalue weighted by Gasteiger charge is -2.49. The van der Waals surface area contributed by atoms with Crippen LogP contribution in [0.2, 0.25) is 0 Å². The van der Waals surface area contributed by atoms with E-state index in [1.165, 1.54) is 0 Å². The topological polar surface area (TPSA) is 130 Å². The smallest absolute Gasteiger partial charge is 0.311 e. The van der Waals surface area contributed by atoms with E-state index < -0.39 is 72.8 Å². The van der Waals surface area contributed by atoms with Crippen LogP contribution in [0, 0.1) is 5.41 Å². The van der Waals surface area contributed by atoms with E-state index >= 15 is 0 Å². The molecule has 6 unspecified atom stereocenters. The Labute approximate surface area is 417 Å². The molecule has 10 atom stereocenters. The molecule has 12 nitrogen and oxygen atoms in total. The lowest BCUT2D eigenvalue weighted by molar-refractivity contribution is -0.375. The van der Waals surface area contributed by atoms with Crippen LogP contribution in [-0.4, -0.2) is 85.7 Å². The van der Waals surface area contributed by atoms with Gasteiger partial charge in [0.2, 0.25) is 0 Å². The molecule has 0 bridgehead atoms. The highest BCUT2D eigenvalue weighted by molar-refractivity contribution is 5.75. The van der Waals surface area contributed by atoms with E-state index in [1.807, 2.05) is 182 Å². The minimum absolute atomic E-state index is 0.0423. The summed E-state index contributed by atoms with van der Waals surface area (Å²) in [7, 11) is 0. The molecule has 8 rings (SSSR count). The van der Waals surface area contributed by atoms with Crippen molar-refractivity contribution < 1.29 is 57.3 Å². The Morgan fingerprint density at radius 1 is 0.423 bits per heavy atom. The second-order valence-corrected chi connectivity index (χ2v) is 18.9. The number of benzene rings is 6. The highest BCUT2D eigenvalue weighted by Crippen LogP contribution is 2.37. The Morgan fingerprint density at radius 2 is 0.732 bits per heavy atom. The summed E-state index contributed by atoms with van der Waals surface area (Å²) in [6.45, 7) is 6.70. The van der Waals surface area contributed by atoms with E-state index in [0.717, 1.165) is 33.4 Å². The van der Waals surface area contributed by atoms with Crippen molar-refractivity contribution in [3.63, 3.8) is 0 Å². The van der Waals surface area contributed by atoms with Gasteiger partial charge in [-0.1, -0.05) is 182 Å². The summed E-state index contributed by atoms with van der Waals surface area (Å²) in [5.41, 5.74) is 4.63. The van der Waals surface area contributed by atoms with Crippen molar-refractivity contribution in [2.45, 2.75) is 122 Å². The first-order chi connectivity index (χ1) is 34.7. The van der Waals surface area contributed by atoms with Gasteiger partial charge in [-0.3, -0.25) is 4.79 Å². The van der Waals surface area contributed by atoms with E-state index in [1.54, 1.807) is 20.8 Å². The number of hydrogen-bond acceptors (Lipinski definition) is 12. The number of carbonyl (C=O) groups excluding carboxylic acids is 1. The molecule has 0 radical (unpaired) electrons. The fraction of sp³-hybridized carbons (Fsp3) is 0.373. The first-order valence-electron chi connectivity index (χ1n) is 24.4. The number of aliphatic hydroxyl groups excluding tert-OH is 1. The van der Waals surface area contributed by atoms with Gasteiger partial charge in [-0.25, -0.2) is 0 Å². The van der Waals surface area contributed by atoms with Crippen LogP contribution in [0.3, 0.4) is 0 Å². The van der Waals surface area contributed by atoms with Gasteiger partial charge in [0.15, 0.2) is 18.7 Å². The fourth-order valence-electron chi connectivity index (χ4n) is 8.46. The van der Waals surface area contributed by atoms with Crippen LogP contribution in [0.1, 0.15) is 54.2 Å². The Morgan fingerprint density at radius 3 is 1.08 bits per heavy atom. The van der Waals surface area contributed by atoms with Crippen molar-refractivity contribution in [2.24, 2.45) is 5.41 Å². The second-order valence-electron chi connectivity index (χ2n) is 18.9. The van der Waals surface area contributed by atoms with Gasteiger partial charge < -0.3 is 52.5 Å². The van der Waals surface area contributed by atoms with E-state index in [2.05, 4.69) is 0 Å². The van der Waals surface area contributed by atoms with Crippen molar-refractivity contribution in [3.8, 4) is 0 Å². The molecular weight excluding hydrogens is 901 g/mol. The Balaban J connectivity index is 1.16. The summed E-state index contributed by atoms with van der Waals surface area (Å²) in [4.78, 5) is 14.2. The number of carbonyl (C=O) groups is 1. The number of hydrogen-bond donors (Lipinski definition) is 1. The molecule has 374 valence electrons. The van der Waals surface area contributed by atoms with Crippen LogP contribution < -0.4 is 0 Å². The zero-order chi connectivity index (χ0) is 49.3. The lowest BCUT2D eigenvalue weighted by atomic mass is 9.94. The molecule has 0 aliphatic carbocycles. The highest BCUT2D eigenvalue weighted by atomic mass is 16.8. The Hall–Kier alpha value is -5.61. The number of esters is 1. The molecule has 6 aromatic carbocycles. The molecule has 0 amide bonds. The summed E-state index contributed by atoms with van der Waals surface area (Å²) in [6, 6.07) is 58.7. The van der Waals surface area contributed by atoms with E-state index in [0.29, 0.717) is 6.61 Å². The normalized spacial score (nSPS) is 24.6. The molecule has 2 aliphatic heterocycles. The van der Waals surface area contributed by atoms with E-state index in [9.17, 15) is 9.90 Å². The molecule has 0 saturated carbocycles. The molecular formula is C59H66O12. The van der Waals surface area contributed by atoms with E-state index in [4.69, 9.17) is 47.4 Å². The quantitative estimate of drug-likeness (QED) is 0.0614. The molecule has 12 heteroatoms. The molecule has 2 saturated heterocycles. The molecule has 6 aromatic rings. The third-order valence-corrected chi connectivity index (χ3v) is 12.3. The predicted molar refractivity (Wildman–Crippen MR) is 266 cm³/mol. The van der Waals surface area contributed by atoms with Crippen LogP contribution in [0.25, 0.3) is 0 Å². The third-order valence-electron chi connectivity index (χ3n) is 12.3. The van der Waals surface area contributed by atoms with Crippen molar-refractivity contribution in [1.29, 1.82) is 0 Å². The van der Waals surface area contributed by atoms with Gasteiger partial charge in [-0.2, -0.15) is 0 Å². The minimum Gasteiger partial charge on any atom is -0.454 e. The SMILES string of the molecule is CC(C)(C)C(=O)OC1C(OCc2ccccc2)[C@H](OCc2ccccc2)C(COCc2ccccc2)O[C@H]1OC1C(OCc2ccccc2)[C@H](OCc2ccccc2)C(COCc2ccccc2)O[C@H]1O. The van der Waals surface area contributed by atoms with Crippen LogP contribution in [0.15, 0.2) is 182 Å². The number of rotatable bonds is 23. The molecule has 2 fully saturated rings. The molecule has 1 N–H and O–H groups in total. The monoisotopic (exact) mass is 966 g/mol. The molecule has 0 spiro atoms. The Kier molecular flexibility index (Phi) is 19.1. The summed E-state index contributed by atoms with van der Waals surface area (Å²) in [5.74, 6) is -0.523. The van der Waals surface area contributed by atoms with Crippen LogP contribution in [0.5, 0.6) is 0 Å². The summed E-state index contributed by atoms with van der Waals surface area (Å²) in [6.07, 6.45) is -10.8. The average molecular weight is 967 g/mol. The van der Waals surface area contributed by atoms with Crippen molar-refractivity contribution in [2.75, 3.05) is 13.2 Å². The zero-order valence-electron chi connectivity index (χ0n) is 40.7. The molecule has 0 aromatic heterocycles. The first kappa shape index (κ1) is 51.7. The van der Waals surface area contributed by atoms with Gasteiger partial charge in [-0.05, 0) is 54.2 Å². The Bertz CT molecular complexity index is 2420. The van der Waals surface area contributed by atoms with Crippen LogP contribution in [0.4, 0.5) is 0 Å². The second kappa shape index (κ2) is 26.2. The maximum atomic E-state index is 14.2. The van der Waals surface area contributed by atoms with Crippen molar-refractivity contribution in [3.05, 3.63) is 215 Å². The molecule has 2 heterocycles. The number of aliphatic hydroxyl groups is 1. The van der Waals surface area contributed by atoms with Crippen LogP contribution in [-0.2, 0) is 91.8 Å². The third kappa shape index (κ3) is 15.2. The van der Waals surface area contributed by atoms with Gasteiger partial charge in [-0.15, -0.1) is 0 Å². The van der Waals surface area contributed by atoms with Gasteiger partial charge in [0.25, 0.3) is 0 Å². The van der Waals surface area contributed by atoms with Crippen LogP contribution >= 0.6 is 0 Å². The summed E-state index contributed by atoms with van der Waals surface area (Å²) in [5, 5.41) is 12.3. The average Bonchev–Trinajstić information content (AvgIpc) is 3.39. The zero-order valence-corrected chi connectivity index (χ0v) is 40.7. The van der Waals surface area contributed by atoms with Crippen molar-refractivity contribution in [1.82, 2.24) is 0 Å². The summed E-state index contributed by atoms with van der Waals surface area (Å²) < 4.78 is 67.1. The van der Waals surface area contributed by atoms with Gasteiger partial charge >= 0.3 is 5.97 Å². The van der Waals surface area contributed by atoms with Gasteiger partial charge in [0.05, 0.1) is 58.3 Å². The van der Waals surface area contributed by atoms with Crippen molar-refractivity contribution >= 4 is 5.97 Å². The summed E-state index contributed by atoms with van der Waals surface area (Å²) >= 11 is 0. The minimum atomic E-state index is -1.59.